The van der Waals surface area contributed by atoms with E-state index in [0.717, 1.165) is 16.0 Å². The molecular formula is C19H26N2O4S. The van der Waals surface area contributed by atoms with Crippen molar-refractivity contribution in [3.8, 4) is 0 Å². The van der Waals surface area contributed by atoms with E-state index in [2.05, 4.69) is 0 Å². The number of imide groups is 1. The van der Waals surface area contributed by atoms with E-state index in [0.29, 0.717) is 12.3 Å². The summed E-state index contributed by atoms with van der Waals surface area (Å²) in [6.45, 7) is 6.02. The van der Waals surface area contributed by atoms with Crippen molar-refractivity contribution < 1.29 is 19.5 Å². The lowest BCUT2D eigenvalue weighted by molar-refractivity contribution is -0.147. The number of urea groups is 1. The van der Waals surface area contributed by atoms with Crippen LogP contribution in [0.25, 0.3) is 0 Å². The largest absolute Gasteiger partial charge is 0.480 e. The van der Waals surface area contributed by atoms with Crippen molar-refractivity contribution in [3.63, 3.8) is 0 Å². The molecule has 1 saturated heterocycles. The normalized spacial score (nSPS) is 18.7. The van der Waals surface area contributed by atoms with Gasteiger partial charge in [0.15, 0.2) is 0 Å². The maximum Gasteiger partial charge on any atom is 0.328 e. The van der Waals surface area contributed by atoms with E-state index in [1.807, 2.05) is 51.3 Å². The Hall–Kier alpha value is -2.02. The Balaban J connectivity index is 2.32. The average molecular weight is 378 g/mol. The zero-order valence-electron chi connectivity index (χ0n) is 15.6. The third kappa shape index (κ3) is 4.20. The molecule has 1 aromatic carbocycles. The first-order chi connectivity index (χ1) is 12.3. The molecule has 1 N–H and O–H groups in total. The van der Waals surface area contributed by atoms with Crippen LogP contribution in [0.1, 0.15) is 31.4 Å². The lowest BCUT2D eigenvalue weighted by atomic mass is 10.0. The number of hydrogen-bond acceptors (Lipinski definition) is 4. The van der Waals surface area contributed by atoms with Crippen molar-refractivity contribution in [1.82, 2.24) is 9.80 Å². The Morgan fingerprint density at radius 3 is 2.35 bits per heavy atom. The van der Waals surface area contributed by atoms with Gasteiger partial charge in [0, 0.05) is 6.54 Å². The van der Waals surface area contributed by atoms with Gasteiger partial charge in [-0.25, -0.2) is 14.5 Å². The molecule has 0 saturated carbocycles. The molecule has 0 spiro atoms. The number of rotatable bonds is 8. The number of carboxylic acids is 1. The van der Waals surface area contributed by atoms with Gasteiger partial charge in [0.25, 0.3) is 5.91 Å². The van der Waals surface area contributed by atoms with Gasteiger partial charge in [-0.05, 0) is 36.8 Å². The fourth-order valence-corrected chi connectivity index (χ4v) is 3.67. The number of carboxylic acid groups (broad SMARTS) is 1. The Bertz CT molecular complexity index is 675. The number of nitrogens with zero attached hydrogens (tertiary/aromatic N) is 2. The van der Waals surface area contributed by atoms with Gasteiger partial charge in [-0.1, -0.05) is 43.7 Å². The molecule has 6 nitrogen and oxygen atoms in total. The molecule has 7 heteroatoms. The van der Waals surface area contributed by atoms with Crippen LogP contribution >= 0.6 is 11.8 Å². The Kier molecular flexibility index (Phi) is 6.69. The highest BCUT2D eigenvalue weighted by Crippen LogP contribution is 2.28. The summed E-state index contributed by atoms with van der Waals surface area (Å²) < 4.78 is 0. The maximum atomic E-state index is 13.0. The number of carbonyl (C=O) groups excluding carboxylic acids is 2. The summed E-state index contributed by atoms with van der Waals surface area (Å²) >= 11 is 1.49. The predicted octanol–water partition coefficient (Wildman–Crippen LogP) is 2.99. The highest BCUT2D eigenvalue weighted by atomic mass is 32.2. The topological polar surface area (TPSA) is 77.9 Å². The first-order valence-electron chi connectivity index (χ1n) is 8.68. The summed E-state index contributed by atoms with van der Waals surface area (Å²) in [7, 11) is 0. The summed E-state index contributed by atoms with van der Waals surface area (Å²) in [5.74, 6) is -1.08. The Morgan fingerprint density at radius 1 is 1.23 bits per heavy atom. The van der Waals surface area contributed by atoms with Crippen LogP contribution in [-0.4, -0.2) is 56.9 Å². The van der Waals surface area contributed by atoms with Crippen LogP contribution < -0.4 is 0 Å². The summed E-state index contributed by atoms with van der Waals surface area (Å²) in [6, 6.07) is 5.50. The number of aliphatic carboxylic acids is 1. The standard InChI is InChI=1S/C19H26N2O4S/c1-12(2)16-17(22)21(15(18(23)24)9-10-26-4)19(25)20(16)11-14-7-5-13(3)6-8-14/h5-8,12,15-16H,9-11H2,1-4H3,(H,23,24). The van der Waals surface area contributed by atoms with E-state index in [4.69, 9.17) is 0 Å². The molecule has 0 aliphatic carbocycles. The second-order valence-electron chi connectivity index (χ2n) is 6.93. The zero-order valence-corrected chi connectivity index (χ0v) is 16.5. The summed E-state index contributed by atoms with van der Waals surface area (Å²) in [6.07, 6.45) is 2.12. The van der Waals surface area contributed by atoms with Crippen molar-refractivity contribution in [3.05, 3.63) is 35.4 Å². The van der Waals surface area contributed by atoms with Crippen LogP contribution in [0, 0.1) is 12.8 Å². The van der Waals surface area contributed by atoms with E-state index in [-0.39, 0.29) is 12.3 Å². The molecule has 0 bridgehead atoms. The third-order valence-corrected chi connectivity index (χ3v) is 5.22. The van der Waals surface area contributed by atoms with E-state index in [1.54, 1.807) is 0 Å². The first kappa shape index (κ1) is 20.3. The first-order valence-corrected chi connectivity index (χ1v) is 10.1. The molecule has 1 fully saturated rings. The minimum atomic E-state index is -1.14. The molecule has 2 unspecified atom stereocenters. The van der Waals surface area contributed by atoms with Gasteiger partial charge < -0.3 is 10.0 Å². The number of amides is 3. The Labute approximate surface area is 158 Å². The van der Waals surface area contributed by atoms with Crippen LogP contribution in [-0.2, 0) is 16.1 Å². The van der Waals surface area contributed by atoms with Gasteiger partial charge >= 0.3 is 12.0 Å². The van der Waals surface area contributed by atoms with Crippen LogP contribution in [0.2, 0.25) is 0 Å². The molecule has 0 radical (unpaired) electrons. The van der Waals surface area contributed by atoms with E-state index in [1.165, 1.54) is 16.7 Å². The smallest absolute Gasteiger partial charge is 0.328 e. The monoisotopic (exact) mass is 378 g/mol. The minimum absolute atomic E-state index is 0.100. The van der Waals surface area contributed by atoms with E-state index in [9.17, 15) is 19.5 Å². The summed E-state index contributed by atoms with van der Waals surface area (Å²) in [5, 5.41) is 9.55. The van der Waals surface area contributed by atoms with Crippen molar-refractivity contribution >= 4 is 29.7 Å². The summed E-state index contributed by atoms with van der Waals surface area (Å²) in [5.41, 5.74) is 2.03. The molecule has 2 atom stereocenters. The molecule has 1 heterocycles. The number of aryl methyl sites for hydroxylation is 1. The molecule has 3 amide bonds. The highest BCUT2D eigenvalue weighted by Gasteiger charge is 2.50. The zero-order chi connectivity index (χ0) is 19.4. The van der Waals surface area contributed by atoms with Crippen molar-refractivity contribution in [2.75, 3.05) is 12.0 Å². The molecule has 1 aromatic rings. The molecule has 2 rings (SSSR count). The summed E-state index contributed by atoms with van der Waals surface area (Å²) in [4.78, 5) is 40.0. The lowest BCUT2D eigenvalue weighted by Gasteiger charge is -2.24. The predicted molar refractivity (Wildman–Crippen MR) is 102 cm³/mol. The Morgan fingerprint density at radius 2 is 1.85 bits per heavy atom. The second-order valence-corrected chi connectivity index (χ2v) is 7.91. The van der Waals surface area contributed by atoms with Gasteiger partial charge in [-0.3, -0.25) is 4.79 Å². The van der Waals surface area contributed by atoms with Gasteiger partial charge in [0.2, 0.25) is 0 Å². The van der Waals surface area contributed by atoms with Crippen molar-refractivity contribution in [2.24, 2.45) is 5.92 Å². The minimum Gasteiger partial charge on any atom is -0.480 e. The molecule has 0 aromatic heterocycles. The van der Waals surface area contributed by atoms with Crippen molar-refractivity contribution in [1.29, 1.82) is 0 Å². The number of hydrogen-bond donors (Lipinski definition) is 1. The van der Waals surface area contributed by atoms with E-state index < -0.39 is 30.0 Å². The number of carbonyl (C=O) groups is 3. The SMILES string of the molecule is CSCCC(C(=O)O)N1C(=O)C(C(C)C)N(Cc2ccc(C)cc2)C1=O. The second kappa shape index (κ2) is 8.58. The molecule has 1 aliphatic heterocycles. The van der Waals surface area contributed by atoms with Crippen LogP contribution in [0.15, 0.2) is 24.3 Å². The van der Waals surface area contributed by atoms with Gasteiger partial charge in [0.05, 0.1) is 0 Å². The number of thioether (sulfide) groups is 1. The maximum absolute atomic E-state index is 13.0. The van der Waals surface area contributed by atoms with Crippen LogP contribution in [0.3, 0.4) is 0 Å². The molecular weight excluding hydrogens is 352 g/mol. The fraction of sp³-hybridized carbons (Fsp3) is 0.526. The quantitative estimate of drug-likeness (QED) is 0.704. The third-order valence-electron chi connectivity index (χ3n) is 4.58. The van der Waals surface area contributed by atoms with Gasteiger partial charge in [-0.2, -0.15) is 11.8 Å². The van der Waals surface area contributed by atoms with Crippen LogP contribution in [0.4, 0.5) is 4.79 Å². The average Bonchev–Trinajstić information content (AvgIpc) is 2.81. The molecule has 142 valence electrons. The van der Waals surface area contributed by atoms with E-state index >= 15 is 0 Å². The molecule has 26 heavy (non-hydrogen) atoms. The highest BCUT2D eigenvalue weighted by molar-refractivity contribution is 7.98. The van der Waals surface area contributed by atoms with Crippen molar-refractivity contribution in [2.45, 2.75) is 45.8 Å². The van der Waals surface area contributed by atoms with Gasteiger partial charge in [-0.15, -0.1) is 0 Å². The van der Waals surface area contributed by atoms with Crippen LogP contribution in [0.5, 0.6) is 0 Å². The fourth-order valence-electron chi connectivity index (χ4n) is 3.21. The number of benzene rings is 1. The lowest BCUT2D eigenvalue weighted by Crippen LogP contribution is -2.46. The van der Waals surface area contributed by atoms with Gasteiger partial charge in [0.1, 0.15) is 12.1 Å². The molecule has 1 aliphatic rings.